The summed E-state index contributed by atoms with van der Waals surface area (Å²) < 4.78 is 50.1. The first-order valence-corrected chi connectivity index (χ1v) is 7.67. The van der Waals surface area contributed by atoms with E-state index >= 15 is 0 Å². The molecule has 0 unspecified atom stereocenters. The van der Waals surface area contributed by atoms with Gasteiger partial charge in [-0.05, 0) is 40.0 Å². The van der Waals surface area contributed by atoms with E-state index in [1.807, 2.05) is 0 Å². The van der Waals surface area contributed by atoms with Crippen molar-refractivity contribution < 1.29 is 17.2 Å². The highest BCUT2D eigenvalue weighted by Gasteiger charge is 2.26. The minimum atomic E-state index is -3.97. The molecule has 2 N–H and O–H groups in total. The van der Waals surface area contributed by atoms with Crippen LogP contribution < -0.4 is 5.73 Å². The Bertz CT molecular complexity index is 564. The standard InChI is InChI=1S/C11H15BrF2N2O2S/c1-7-3-8(5-15)4-9(11(7)12)19(17,18)16(2)6-10(13)14/h3-4,10H,5-6,15H2,1-2H3. The summed E-state index contributed by atoms with van der Waals surface area (Å²) in [5.41, 5.74) is 6.81. The van der Waals surface area contributed by atoms with Crippen LogP contribution in [0.1, 0.15) is 11.1 Å². The van der Waals surface area contributed by atoms with E-state index < -0.39 is 23.0 Å². The second kappa shape index (κ2) is 6.25. The molecule has 0 aromatic heterocycles. The van der Waals surface area contributed by atoms with Crippen molar-refractivity contribution in [1.29, 1.82) is 0 Å². The van der Waals surface area contributed by atoms with Crippen molar-refractivity contribution in [3.63, 3.8) is 0 Å². The van der Waals surface area contributed by atoms with Gasteiger partial charge in [-0.25, -0.2) is 17.2 Å². The number of halogens is 3. The van der Waals surface area contributed by atoms with Crippen LogP contribution in [0.25, 0.3) is 0 Å². The van der Waals surface area contributed by atoms with Crippen LogP contribution in [0.4, 0.5) is 8.78 Å². The summed E-state index contributed by atoms with van der Waals surface area (Å²) in [4.78, 5) is -0.0453. The average Bonchev–Trinajstić information content (AvgIpc) is 2.31. The van der Waals surface area contributed by atoms with Gasteiger partial charge < -0.3 is 5.73 Å². The van der Waals surface area contributed by atoms with Crippen molar-refractivity contribution in [3.05, 3.63) is 27.7 Å². The molecule has 1 rings (SSSR count). The van der Waals surface area contributed by atoms with Crippen molar-refractivity contribution in [2.45, 2.75) is 24.8 Å². The SMILES string of the molecule is Cc1cc(CN)cc(S(=O)(=O)N(C)CC(F)F)c1Br. The van der Waals surface area contributed by atoms with Crippen LogP contribution in [0.2, 0.25) is 0 Å². The Morgan fingerprint density at radius 1 is 1.42 bits per heavy atom. The molecule has 0 fully saturated rings. The lowest BCUT2D eigenvalue weighted by Crippen LogP contribution is -2.31. The van der Waals surface area contributed by atoms with Crippen LogP contribution in [0.3, 0.4) is 0 Å². The molecular weight excluding hydrogens is 342 g/mol. The van der Waals surface area contributed by atoms with Gasteiger partial charge in [-0.15, -0.1) is 0 Å². The van der Waals surface area contributed by atoms with Gasteiger partial charge in [0.05, 0.1) is 11.4 Å². The van der Waals surface area contributed by atoms with Gasteiger partial charge in [-0.3, -0.25) is 0 Å². The van der Waals surface area contributed by atoms with E-state index in [0.717, 1.165) is 7.05 Å². The largest absolute Gasteiger partial charge is 0.326 e. The van der Waals surface area contributed by atoms with Gasteiger partial charge in [0, 0.05) is 18.1 Å². The molecule has 0 aliphatic carbocycles. The van der Waals surface area contributed by atoms with Crippen molar-refractivity contribution in [1.82, 2.24) is 4.31 Å². The smallest absolute Gasteiger partial charge is 0.252 e. The summed E-state index contributed by atoms with van der Waals surface area (Å²) in [5.74, 6) is 0. The molecule has 0 radical (unpaired) electrons. The molecule has 108 valence electrons. The highest BCUT2D eigenvalue weighted by molar-refractivity contribution is 9.10. The summed E-state index contributed by atoms with van der Waals surface area (Å²) in [5, 5.41) is 0. The summed E-state index contributed by atoms with van der Waals surface area (Å²) >= 11 is 3.18. The number of sulfonamides is 1. The van der Waals surface area contributed by atoms with E-state index in [9.17, 15) is 17.2 Å². The maximum atomic E-state index is 12.3. The lowest BCUT2D eigenvalue weighted by molar-refractivity contribution is 0.126. The minimum Gasteiger partial charge on any atom is -0.326 e. The fraction of sp³-hybridized carbons (Fsp3) is 0.455. The predicted octanol–water partition coefficient (Wildman–Crippen LogP) is 2.10. The van der Waals surface area contributed by atoms with Crippen molar-refractivity contribution in [3.8, 4) is 0 Å². The Morgan fingerprint density at radius 2 is 2.00 bits per heavy atom. The molecule has 8 heteroatoms. The van der Waals surface area contributed by atoms with E-state index in [4.69, 9.17) is 5.73 Å². The Balaban J connectivity index is 3.32. The number of rotatable bonds is 5. The third-order valence-corrected chi connectivity index (χ3v) is 5.76. The molecule has 19 heavy (non-hydrogen) atoms. The van der Waals surface area contributed by atoms with Crippen molar-refractivity contribution in [2.75, 3.05) is 13.6 Å². The molecule has 0 heterocycles. The average molecular weight is 357 g/mol. The topological polar surface area (TPSA) is 63.4 Å². The van der Waals surface area contributed by atoms with Gasteiger partial charge in [0.1, 0.15) is 0 Å². The molecule has 0 spiro atoms. The third-order valence-electron chi connectivity index (χ3n) is 2.60. The fourth-order valence-electron chi connectivity index (χ4n) is 1.58. The predicted molar refractivity (Wildman–Crippen MR) is 72.6 cm³/mol. The zero-order chi connectivity index (χ0) is 14.8. The lowest BCUT2D eigenvalue weighted by atomic mass is 10.1. The Labute approximate surface area is 119 Å². The van der Waals surface area contributed by atoms with Crippen LogP contribution in [0, 0.1) is 6.92 Å². The van der Waals surface area contributed by atoms with E-state index in [-0.39, 0.29) is 11.4 Å². The number of hydrogen-bond acceptors (Lipinski definition) is 3. The molecule has 0 bridgehead atoms. The first-order valence-electron chi connectivity index (χ1n) is 5.43. The summed E-state index contributed by atoms with van der Waals surface area (Å²) in [7, 11) is -2.85. The zero-order valence-electron chi connectivity index (χ0n) is 10.5. The zero-order valence-corrected chi connectivity index (χ0v) is 12.9. The number of nitrogens with zero attached hydrogens (tertiary/aromatic N) is 1. The number of benzene rings is 1. The van der Waals surface area contributed by atoms with Crippen LogP contribution in [0.5, 0.6) is 0 Å². The maximum Gasteiger partial charge on any atom is 0.252 e. The summed E-state index contributed by atoms with van der Waals surface area (Å²) in [6.07, 6.45) is -2.72. The summed E-state index contributed by atoms with van der Waals surface area (Å²) in [6, 6.07) is 3.14. The van der Waals surface area contributed by atoms with E-state index in [0.29, 0.717) is 19.9 Å². The van der Waals surface area contributed by atoms with Crippen LogP contribution in [-0.2, 0) is 16.6 Å². The van der Waals surface area contributed by atoms with Crippen LogP contribution in [-0.4, -0.2) is 32.7 Å². The fourth-order valence-corrected chi connectivity index (χ4v) is 3.75. The lowest BCUT2D eigenvalue weighted by Gasteiger charge is -2.19. The van der Waals surface area contributed by atoms with E-state index in [1.165, 1.54) is 6.07 Å². The van der Waals surface area contributed by atoms with Gasteiger partial charge in [-0.2, -0.15) is 4.31 Å². The molecule has 1 aromatic rings. The van der Waals surface area contributed by atoms with Gasteiger partial charge in [0.2, 0.25) is 10.0 Å². The minimum absolute atomic E-state index is 0.0453. The normalized spacial score (nSPS) is 12.4. The molecular formula is C11H15BrF2N2O2S. The molecule has 0 aliphatic rings. The third kappa shape index (κ3) is 3.71. The Kier molecular flexibility index (Phi) is 5.43. The maximum absolute atomic E-state index is 12.3. The quantitative estimate of drug-likeness (QED) is 0.878. The monoisotopic (exact) mass is 356 g/mol. The molecule has 0 aliphatic heterocycles. The van der Waals surface area contributed by atoms with Crippen molar-refractivity contribution in [2.24, 2.45) is 5.73 Å². The molecule has 0 amide bonds. The van der Waals surface area contributed by atoms with Crippen molar-refractivity contribution >= 4 is 26.0 Å². The highest BCUT2D eigenvalue weighted by Crippen LogP contribution is 2.29. The first-order chi connectivity index (χ1) is 8.70. The highest BCUT2D eigenvalue weighted by atomic mass is 79.9. The Hall–Kier alpha value is -0.570. The van der Waals surface area contributed by atoms with Gasteiger partial charge in [0.15, 0.2) is 0 Å². The molecule has 0 atom stereocenters. The van der Waals surface area contributed by atoms with Gasteiger partial charge in [0.25, 0.3) is 6.43 Å². The molecule has 1 aromatic carbocycles. The van der Waals surface area contributed by atoms with E-state index in [1.54, 1.807) is 13.0 Å². The molecule has 4 nitrogen and oxygen atoms in total. The molecule has 0 saturated carbocycles. The number of aryl methyl sites for hydroxylation is 1. The second-order valence-corrected chi connectivity index (χ2v) is 6.91. The Morgan fingerprint density at radius 3 is 2.47 bits per heavy atom. The second-order valence-electron chi connectivity index (χ2n) is 4.11. The van der Waals surface area contributed by atoms with Gasteiger partial charge in [-0.1, -0.05) is 6.07 Å². The number of nitrogens with two attached hydrogens (primary N) is 1. The summed E-state index contributed by atoms with van der Waals surface area (Å²) in [6.45, 7) is 1.05. The number of alkyl halides is 2. The van der Waals surface area contributed by atoms with Crippen LogP contribution in [0.15, 0.2) is 21.5 Å². The molecule has 0 saturated heterocycles. The van der Waals surface area contributed by atoms with Crippen LogP contribution >= 0.6 is 15.9 Å². The number of hydrogen-bond donors (Lipinski definition) is 1. The van der Waals surface area contributed by atoms with E-state index in [2.05, 4.69) is 15.9 Å². The first kappa shape index (κ1) is 16.5. The van der Waals surface area contributed by atoms with Gasteiger partial charge >= 0.3 is 0 Å².